The van der Waals surface area contributed by atoms with Crippen molar-refractivity contribution in [1.29, 1.82) is 0 Å². The molecule has 6 nitrogen and oxygen atoms in total. The second-order valence-electron chi connectivity index (χ2n) is 5.75. The molecule has 1 aromatic carbocycles. The maximum atomic E-state index is 12.1. The van der Waals surface area contributed by atoms with Gasteiger partial charge in [-0.25, -0.2) is 4.68 Å². The minimum Gasteiger partial charge on any atom is -0.325 e. The normalized spacial score (nSPS) is 14.3. The predicted molar refractivity (Wildman–Crippen MR) is 86.0 cm³/mol. The molecule has 0 atom stereocenters. The van der Waals surface area contributed by atoms with Gasteiger partial charge in [0.2, 0.25) is 11.1 Å². The van der Waals surface area contributed by atoms with E-state index in [1.54, 1.807) is 0 Å². The molecule has 1 N–H and O–H groups in total. The van der Waals surface area contributed by atoms with Crippen molar-refractivity contribution in [2.45, 2.75) is 43.8 Å². The third-order valence-corrected chi connectivity index (χ3v) is 4.46. The molecule has 0 bridgehead atoms. The standard InChI is InChI=1S/C15H19N5OS/c1-10(2)11-4-3-5-12(8-11)16-14(21)9-22-15-17-18-19-20(15)13-6-7-13/h3-5,8,10,13H,6-7,9H2,1-2H3,(H,16,21). The first-order valence-corrected chi connectivity index (χ1v) is 8.42. The van der Waals surface area contributed by atoms with Crippen LogP contribution in [0.15, 0.2) is 29.4 Å². The number of nitrogens with one attached hydrogen (secondary N) is 1. The van der Waals surface area contributed by atoms with Crippen molar-refractivity contribution in [2.24, 2.45) is 0 Å². The van der Waals surface area contributed by atoms with Crippen molar-refractivity contribution < 1.29 is 4.79 Å². The van der Waals surface area contributed by atoms with Crippen molar-refractivity contribution in [3.63, 3.8) is 0 Å². The molecule has 0 radical (unpaired) electrons. The fourth-order valence-corrected chi connectivity index (χ4v) is 2.88. The van der Waals surface area contributed by atoms with Crippen LogP contribution < -0.4 is 5.32 Å². The Bertz CT molecular complexity index is 665. The zero-order valence-corrected chi connectivity index (χ0v) is 13.5. The molecule has 22 heavy (non-hydrogen) atoms. The Morgan fingerprint density at radius 3 is 3.00 bits per heavy atom. The van der Waals surface area contributed by atoms with Crippen LogP contribution in [-0.2, 0) is 4.79 Å². The van der Waals surface area contributed by atoms with Crippen molar-refractivity contribution >= 4 is 23.4 Å². The van der Waals surface area contributed by atoms with Gasteiger partial charge in [-0.1, -0.05) is 37.7 Å². The first-order chi connectivity index (χ1) is 10.6. The third kappa shape index (κ3) is 3.65. The zero-order chi connectivity index (χ0) is 15.5. The smallest absolute Gasteiger partial charge is 0.234 e. The Labute approximate surface area is 133 Å². The highest BCUT2D eigenvalue weighted by molar-refractivity contribution is 7.99. The third-order valence-electron chi connectivity index (χ3n) is 3.52. The summed E-state index contributed by atoms with van der Waals surface area (Å²) < 4.78 is 1.82. The van der Waals surface area contributed by atoms with Crippen LogP contribution in [0.4, 0.5) is 5.69 Å². The summed E-state index contributed by atoms with van der Waals surface area (Å²) in [6, 6.07) is 8.37. The molecule has 1 fully saturated rings. The summed E-state index contributed by atoms with van der Waals surface area (Å²) in [7, 11) is 0. The topological polar surface area (TPSA) is 72.7 Å². The molecule has 2 aromatic rings. The van der Waals surface area contributed by atoms with Crippen LogP contribution in [0.5, 0.6) is 0 Å². The van der Waals surface area contributed by atoms with Crippen LogP contribution in [-0.4, -0.2) is 31.9 Å². The number of benzene rings is 1. The van der Waals surface area contributed by atoms with E-state index in [9.17, 15) is 4.79 Å². The van der Waals surface area contributed by atoms with Gasteiger partial charge in [0.1, 0.15) is 0 Å². The molecule has 1 amide bonds. The first-order valence-electron chi connectivity index (χ1n) is 7.44. The maximum absolute atomic E-state index is 12.1. The van der Waals surface area contributed by atoms with E-state index in [0.29, 0.717) is 22.9 Å². The van der Waals surface area contributed by atoms with E-state index in [1.165, 1.54) is 17.3 Å². The lowest BCUT2D eigenvalue weighted by molar-refractivity contribution is -0.113. The summed E-state index contributed by atoms with van der Waals surface area (Å²) in [5, 5.41) is 15.3. The maximum Gasteiger partial charge on any atom is 0.234 e. The van der Waals surface area contributed by atoms with Gasteiger partial charge in [-0.05, 0) is 46.9 Å². The largest absolute Gasteiger partial charge is 0.325 e. The summed E-state index contributed by atoms with van der Waals surface area (Å²) in [4.78, 5) is 12.1. The number of rotatable bonds is 6. The molecule has 7 heteroatoms. The molecule has 1 aromatic heterocycles. The molecular weight excluding hydrogens is 298 g/mol. The lowest BCUT2D eigenvalue weighted by Crippen LogP contribution is -2.14. The zero-order valence-electron chi connectivity index (χ0n) is 12.7. The van der Waals surface area contributed by atoms with E-state index in [2.05, 4.69) is 40.8 Å². The lowest BCUT2D eigenvalue weighted by atomic mass is 10.0. The molecule has 0 saturated heterocycles. The molecule has 116 valence electrons. The summed E-state index contributed by atoms with van der Waals surface area (Å²) in [5.41, 5.74) is 2.04. The van der Waals surface area contributed by atoms with Gasteiger partial charge in [-0.3, -0.25) is 4.79 Å². The highest BCUT2D eigenvalue weighted by Crippen LogP contribution is 2.36. The second kappa shape index (κ2) is 6.48. The van der Waals surface area contributed by atoms with Crippen molar-refractivity contribution in [3.8, 4) is 0 Å². The SMILES string of the molecule is CC(C)c1cccc(NC(=O)CSc2nnnn2C2CC2)c1. The minimum absolute atomic E-state index is 0.0451. The Kier molecular flexibility index (Phi) is 4.42. The average molecular weight is 317 g/mol. The van der Waals surface area contributed by atoms with E-state index < -0.39 is 0 Å². The van der Waals surface area contributed by atoms with E-state index in [4.69, 9.17) is 0 Å². The molecular formula is C15H19N5OS. The fourth-order valence-electron chi connectivity index (χ4n) is 2.13. The van der Waals surface area contributed by atoms with Crippen molar-refractivity contribution in [1.82, 2.24) is 20.2 Å². The van der Waals surface area contributed by atoms with E-state index >= 15 is 0 Å². The van der Waals surface area contributed by atoms with Crippen LogP contribution in [0.1, 0.15) is 44.2 Å². The number of nitrogens with zero attached hydrogens (tertiary/aromatic N) is 4. The number of carbonyl (C=O) groups excluding carboxylic acids is 1. The summed E-state index contributed by atoms with van der Waals surface area (Å²) in [5.74, 6) is 0.699. The summed E-state index contributed by atoms with van der Waals surface area (Å²) in [6.45, 7) is 4.27. The number of carbonyl (C=O) groups is 1. The summed E-state index contributed by atoms with van der Waals surface area (Å²) in [6.07, 6.45) is 2.24. The van der Waals surface area contributed by atoms with Gasteiger partial charge in [0.25, 0.3) is 0 Å². The number of hydrogen-bond acceptors (Lipinski definition) is 5. The van der Waals surface area contributed by atoms with Crippen LogP contribution in [0.3, 0.4) is 0 Å². The van der Waals surface area contributed by atoms with Gasteiger partial charge in [0.15, 0.2) is 0 Å². The average Bonchev–Trinajstić information content (AvgIpc) is 3.24. The van der Waals surface area contributed by atoms with Crippen molar-refractivity contribution in [2.75, 3.05) is 11.1 Å². The molecule has 1 aliphatic carbocycles. The minimum atomic E-state index is -0.0451. The number of anilines is 1. The molecule has 0 unspecified atom stereocenters. The molecule has 0 spiro atoms. The lowest BCUT2D eigenvalue weighted by Gasteiger charge is -2.09. The van der Waals surface area contributed by atoms with Crippen molar-refractivity contribution in [3.05, 3.63) is 29.8 Å². The highest BCUT2D eigenvalue weighted by atomic mass is 32.2. The number of thioether (sulfide) groups is 1. The number of hydrogen-bond donors (Lipinski definition) is 1. The number of tetrazole rings is 1. The molecule has 3 rings (SSSR count). The number of amides is 1. The van der Waals surface area contributed by atoms with E-state index in [-0.39, 0.29) is 5.91 Å². The monoisotopic (exact) mass is 317 g/mol. The molecule has 1 aliphatic rings. The van der Waals surface area contributed by atoms with Gasteiger partial charge in [0, 0.05) is 5.69 Å². The Morgan fingerprint density at radius 2 is 2.27 bits per heavy atom. The predicted octanol–water partition coefficient (Wildman–Crippen LogP) is 2.86. The second-order valence-corrected chi connectivity index (χ2v) is 6.70. The Hall–Kier alpha value is -1.89. The van der Waals surface area contributed by atoms with Gasteiger partial charge in [-0.15, -0.1) is 5.10 Å². The van der Waals surface area contributed by atoms with Gasteiger partial charge < -0.3 is 5.32 Å². The quantitative estimate of drug-likeness (QED) is 0.829. The Balaban J connectivity index is 1.56. The highest BCUT2D eigenvalue weighted by Gasteiger charge is 2.28. The van der Waals surface area contributed by atoms with E-state index in [0.717, 1.165) is 18.5 Å². The van der Waals surface area contributed by atoms with Gasteiger partial charge >= 0.3 is 0 Å². The number of aromatic nitrogens is 4. The first kappa shape index (κ1) is 15.0. The van der Waals surface area contributed by atoms with Crippen LogP contribution in [0.2, 0.25) is 0 Å². The fraction of sp³-hybridized carbons (Fsp3) is 0.467. The van der Waals surface area contributed by atoms with Crippen LogP contribution >= 0.6 is 11.8 Å². The summed E-state index contributed by atoms with van der Waals surface area (Å²) >= 11 is 1.37. The Morgan fingerprint density at radius 1 is 1.45 bits per heavy atom. The van der Waals surface area contributed by atoms with Gasteiger partial charge in [0.05, 0.1) is 11.8 Å². The van der Waals surface area contributed by atoms with Crippen LogP contribution in [0.25, 0.3) is 0 Å². The molecule has 1 heterocycles. The van der Waals surface area contributed by atoms with Gasteiger partial charge in [-0.2, -0.15) is 0 Å². The molecule has 0 aliphatic heterocycles. The van der Waals surface area contributed by atoms with Crippen LogP contribution in [0, 0.1) is 0 Å². The molecule has 1 saturated carbocycles. The van der Waals surface area contributed by atoms with E-state index in [1.807, 2.05) is 22.9 Å².